The summed E-state index contributed by atoms with van der Waals surface area (Å²) in [7, 11) is 1.54. The molecule has 5 heteroatoms. The zero-order valence-corrected chi connectivity index (χ0v) is 14.4. The van der Waals surface area contributed by atoms with E-state index in [0.717, 1.165) is 24.0 Å². The van der Waals surface area contributed by atoms with Crippen LogP contribution >= 0.6 is 0 Å². The van der Waals surface area contributed by atoms with E-state index in [0.29, 0.717) is 11.4 Å². The van der Waals surface area contributed by atoms with Crippen LogP contribution in [-0.4, -0.2) is 25.6 Å². The summed E-state index contributed by atoms with van der Waals surface area (Å²) < 4.78 is 10.5. The Morgan fingerprint density at radius 1 is 1.12 bits per heavy atom. The third-order valence-corrected chi connectivity index (χ3v) is 4.43. The minimum absolute atomic E-state index is 0.315. The summed E-state index contributed by atoms with van der Waals surface area (Å²) in [6.45, 7) is 1.61. The van der Waals surface area contributed by atoms with Crippen LogP contribution < -0.4 is 10.1 Å². The molecule has 5 nitrogen and oxygen atoms in total. The number of amides is 1. The van der Waals surface area contributed by atoms with E-state index in [1.54, 1.807) is 6.07 Å². The van der Waals surface area contributed by atoms with Crippen molar-refractivity contribution in [1.82, 2.24) is 0 Å². The van der Waals surface area contributed by atoms with Crippen molar-refractivity contribution < 1.29 is 19.1 Å². The summed E-state index contributed by atoms with van der Waals surface area (Å²) in [6.07, 6.45) is 1.51. The molecule has 0 unspecified atom stereocenters. The van der Waals surface area contributed by atoms with Gasteiger partial charge in [0.1, 0.15) is 5.75 Å². The Morgan fingerprint density at radius 3 is 2.48 bits per heavy atom. The average Bonchev–Trinajstić information content (AvgIpc) is 3.43. The van der Waals surface area contributed by atoms with E-state index in [2.05, 4.69) is 5.32 Å². The summed E-state index contributed by atoms with van der Waals surface area (Å²) in [5, 5.41) is 2.73. The van der Waals surface area contributed by atoms with Crippen molar-refractivity contribution in [2.45, 2.75) is 25.2 Å². The highest BCUT2D eigenvalue weighted by molar-refractivity contribution is 5.95. The maximum Gasteiger partial charge on any atom is 0.317 e. The monoisotopic (exact) mass is 339 g/mol. The predicted octanol–water partition coefficient (Wildman–Crippen LogP) is 3.22. The van der Waals surface area contributed by atoms with Gasteiger partial charge in [0.15, 0.2) is 6.61 Å². The number of ether oxygens (including phenoxy) is 2. The minimum atomic E-state index is -0.581. The molecular weight excluding hydrogens is 318 g/mol. The average molecular weight is 339 g/mol. The molecule has 1 N–H and O–H groups in total. The molecule has 2 aromatic carbocycles. The van der Waals surface area contributed by atoms with Gasteiger partial charge in [0.2, 0.25) is 0 Å². The first-order valence-corrected chi connectivity index (χ1v) is 8.22. The number of carbonyl (C=O) groups excluding carboxylic acids is 2. The van der Waals surface area contributed by atoms with Crippen molar-refractivity contribution >= 4 is 17.6 Å². The first-order chi connectivity index (χ1) is 12.0. The molecule has 0 aromatic heterocycles. The molecule has 0 aliphatic heterocycles. The number of carbonyl (C=O) groups is 2. The normalized spacial score (nSPS) is 14.5. The number of esters is 1. The second-order valence-corrected chi connectivity index (χ2v) is 6.28. The molecule has 0 atom stereocenters. The standard InChI is InChI=1S/C20H21NO4/c1-14-8-9-17(24-2)16(12-14)21-18(22)13-25-19(23)20(10-11-20)15-6-4-3-5-7-15/h3-9,12H,10-11,13H2,1-2H3,(H,21,22). The number of hydrogen-bond acceptors (Lipinski definition) is 4. The third kappa shape index (κ3) is 3.65. The Hall–Kier alpha value is -2.82. The first kappa shape index (κ1) is 17.0. The number of benzene rings is 2. The van der Waals surface area contributed by atoms with Crippen LogP contribution in [0.2, 0.25) is 0 Å². The Labute approximate surface area is 147 Å². The molecule has 25 heavy (non-hydrogen) atoms. The van der Waals surface area contributed by atoms with E-state index in [9.17, 15) is 9.59 Å². The van der Waals surface area contributed by atoms with Crippen molar-refractivity contribution in [2.75, 3.05) is 19.0 Å². The molecule has 130 valence electrons. The molecule has 3 rings (SSSR count). The molecule has 2 aromatic rings. The summed E-state index contributed by atoms with van der Waals surface area (Å²) in [4.78, 5) is 24.6. The Bertz CT molecular complexity index is 782. The van der Waals surface area contributed by atoms with Crippen molar-refractivity contribution in [2.24, 2.45) is 0 Å². The first-order valence-electron chi connectivity index (χ1n) is 8.22. The van der Waals surface area contributed by atoms with Crippen molar-refractivity contribution in [3.8, 4) is 5.75 Å². The van der Waals surface area contributed by atoms with Crippen LogP contribution in [0, 0.1) is 6.92 Å². The SMILES string of the molecule is COc1ccc(C)cc1NC(=O)COC(=O)C1(c2ccccc2)CC1. The van der Waals surface area contributed by atoms with Gasteiger partial charge in [-0.2, -0.15) is 0 Å². The molecule has 0 radical (unpaired) electrons. The van der Waals surface area contributed by atoms with Gasteiger partial charge in [-0.05, 0) is 43.0 Å². The summed E-state index contributed by atoms with van der Waals surface area (Å²) in [5.41, 5.74) is 1.92. The van der Waals surface area contributed by atoms with Crippen molar-refractivity contribution in [3.63, 3.8) is 0 Å². The lowest BCUT2D eigenvalue weighted by Gasteiger charge is -2.15. The molecule has 1 aliphatic carbocycles. The lowest BCUT2D eigenvalue weighted by molar-refractivity contribution is -0.150. The highest BCUT2D eigenvalue weighted by atomic mass is 16.5. The Morgan fingerprint density at radius 2 is 1.84 bits per heavy atom. The fourth-order valence-electron chi connectivity index (χ4n) is 2.87. The number of methoxy groups -OCH3 is 1. The summed E-state index contributed by atoms with van der Waals surface area (Å²) in [5.74, 6) is -0.167. The van der Waals surface area contributed by atoms with Crippen molar-refractivity contribution in [3.05, 3.63) is 59.7 Å². The van der Waals surface area contributed by atoms with Crippen LogP contribution in [0.1, 0.15) is 24.0 Å². The number of aryl methyl sites for hydroxylation is 1. The topological polar surface area (TPSA) is 64.6 Å². The van der Waals surface area contributed by atoms with Crippen molar-refractivity contribution in [1.29, 1.82) is 0 Å². The minimum Gasteiger partial charge on any atom is -0.495 e. The molecule has 1 amide bonds. The molecule has 1 aliphatic rings. The molecular formula is C20H21NO4. The zero-order chi connectivity index (χ0) is 17.9. The van der Waals surface area contributed by atoms with Gasteiger partial charge in [-0.25, -0.2) is 0 Å². The summed E-state index contributed by atoms with van der Waals surface area (Å²) >= 11 is 0. The number of hydrogen-bond donors (Lipinski definition) is 1. The quantitative estimate of drug-likeness (QED) is 0.821. The maximum atomic E-state index is 12.4. The second-order valence-electron chi connectivity index (χ2n) is 6.28. The van der Waals surface area contributed by atoms with Crippen LogP contribution in [0.25, 0.3) is 0 Å². The molecule has 0 spiro atoms. The Balaban J connectivity index is 1.60. The smallest absolute Gasteiger partial charge is 0.317 e. The van der Waals surface area contributed by atoms with E-state index < -0.39 is 5.41 Å². The molecule has 0 heterocycles. The number of anilines is 1. The van der Waals surface area contributed by atoms with Crippen LogP contribution in [-0.2, 0) is 19.7 Å². The van der Waals surface area contributed by atoms with E-state index >= 15 is 0 Å². The van der Waals surface area contributed by atoms with Gasteiger partial charge in [-0.3, -0.25) is 9.59 Å². The Kier molecular flexibility index (Phi) is 4.74. The van der Waals surface area contributed by atoms with Crippen LogP contribution in [0.4, 0.5) is 5.69 Å². The molecule has 1 fully saturated rings. The van der Waals surface area contributed by atoms with E-state index in [4.69, 9.17) is 9.47 Å². The van der Waals surface area contributed by atoms with Gasteiger partial charge in [0.25, 0.3) is 5.91 Å². The predicted molar refractivity (Wildman–Crippen MR) is 94.7 cm³/mol. The van der Waals surface area contributed by atoms with E-state index in [1.807, 2.05) is 49.4 Å². The second kappa shape index (κ2) is 6.97. The molecule has 0 saturated heterocycles. The maximum absolute atomic E-state index is 12.4. The molecule has 1 saturated carbocycles. The van der Waals surface area contributed by atoms with Gasteiger partial charge in [0, 0.05) is 0 Å². The lowest BCUT2D eigenvalue weighted by Crippen LogP contribution is -2.28. The van der Waals surface area contributed by atoms with Crippen LogP contribution in [0.3, 0.4) is 0 Å². The van der Waals surface area contributed by atoms with Gasteiger partial charge < -0.3 is 14.8 Å². The van der Waals surface area contributed by atoms with Gasteiger partial charge >= 0.3 is 5.97 Å². The van der Waals surface area contributed by atoms with Gasteiger partial charge in [-0.15, -0.1) is 0 Å². The fraction of sp³-hybridized carbons (Fsp3) is 0.300. The zero-order valence-electron chi connectivity index (χ0n) is 14.4. The van der Waals surface area contributed by atoms with Crippen LogP contribution in [0.15, 0.2) is 48.5 Å². The highest BCUT2D eigenvalue weighted by Gasteiger charge is 2.52. The van der Waals surface area contributed by atoms with Gasteiger partial charge in [0.05, 0.1) is 18.2 Å². The van der Waals surface area contributed by atoms with Gasteiger partial charge in [-0.1, -0.05) is 36.4 Å². The lowest BCUT2D eigenvalue weighted by atomic mass is 9.96. The highest BCUT2D eigenvalue weighted by Crippen LogP contribution is 2.49. The fourth-order valence-corrected chi connectivity index (χ4v) is 2.87. The number of nitrogens with one attached hydrogen (secondary N) is 1. The van der Waals surface area contributed by atoms with E-state index in [-0.39, 0.29) is 18.5 Å². The van der Waals surface area contributed by atoms with E-state index in [1.165, 1.54) is 7.11 Å². The summed E-state index contributed by atoms with van der Waals surface area (Å²) in [6, 6.07) is 15.0. The number of rotatable bonds is 6. The molecule has 0 bridgehead atoms. The van der Waals surface area contributed by atoms with Crippen LogP contribution in [0.5, 0.6) is 5.75 Å². The third-order valence-electron chi connectivity index (χ3n) is 4.43. The largest absolute Gasteiger partial charge is 0.495 e.